The van der Waals surface area contributed by atoms with Crippen LogP contribution < -0.4 is 9.47 Å². The van der Waals surface area contributed by atoms with Gasteiger partial charge in [0.2, 0.25) is 0 Å². The molecule has 0 aromatic heterocycles. The number of carboxylic acids is 1. The number of thioether (sulfide) groups is 1. The molecule has 1 N–H and O–H groups in total. The minimum Gasteiger partial charge on any atom is -0.485 e. The number of ether oxygens (including phenoxy) is 2. The van der Waals surface area contributed by atoms with E-state index in [9.17, 15) is 14.0 Å². The Kier molecular flexibility index (Phi) is 7.79. The van der Waals surface area contributed by atoms with Crippen molar-refractivity contribution in [2.24, 2.45) is 0 Å². The largest absolute Gasteiger partial charge is 0.485 e. The fraction of sp³-hybridized carbons (Fsp3) is 0.115. The predicted molar refractivity (Wildman–Crippen MR) is 135 cm³/mol. The maximum atomic E-state index is 13.2. The number of aliphatic carboxylic acids is 1. The number of benzene rings is 3. The third-order valence-electron chi connectivity index (χ3n) is 4.98. The van der Waals surface area contributed by atoms with Crippen LogP contribution in [0, 0.1) is 5.82 Å². The maximum absolute atomic E-state index is 13.2. The number of carbonyl (C=O) groups is 2. The molecule has 1 amide bonds. The van der Waals surface area contributed by atoms with Gasteiger partial charge in [-0.25, -0.2) is 4.39 Å². The van der Waals surface area contributed by atoms with Gasteiger partial charge in [-0.15, -0.1) is 0 Å². The minimum absolute atomic E-state index is 0.198. The molecule has 1 heterocycles. The molecule has 0 saturated carbocycles. The lowest BCUT2D eigenvalue weighted by Crippen LogP contribution is -2.33. The monoisotopic (exact) mass is 509 g/mol. The minimum atomic E-state index is -1.14. The molecule has 1 aliphatic heterocycles. The SMILES string of the molecule is O=C(O)CN1C(=O)C(=Cc2ccc(OCc3ccc(F)cc3)c(OCc3ccccc3)c2)SC1=S. The molecule has 0 spiro atoms. The summed E-state index contributed by atoms with van der Waals surface area (Å²) in [4.78, 5) is 25.0. The van der Waals surface area contributed by atoms with Crippen molar-refractivity contribution in [3.63, 3.8) is 0 Å². The first-order chi connectivity index (χ1) is 16.9. The van der Waals surface area contributed by atoms with Crippen LogP contribution in [0.3, 0.4) is 0 Å². The Hall–Kier alpha value is -3.69. The van der Waals surface area contributed by atoms with Crippen LogP contribution >= 0.6 is 24.0 Å². The predicted octanol–water partition coefficient (Wildman–Crippen LogP) is 5.27. The number of nitrogens with zero attached hydrogens (tertiary/aromatic N) is 1. The Labute approximate surface area is 211 Å². The number of carboxylic acid groups (broad SMARTS) is 1. The fourth-order valence-electron chi connectivity index (χ4n) is 3.25. The zero-order chi connectivity index (χ0) is 24.8. The van der Waals surface area contributed by atoms with Gasteiger partial charge in [0, 0.05) is 0 Å². The second kappa shape index (κ2) is 11.2. The summed E-state index contributed by atoms with van der Waals surface area (Å²) >= 11 is 6.21. The first kappa shape index (κ1) is 24.4. The van der Waals surface area contributed by atoms with Crippen LogP contribution in [0.4, 0.5) is 4.39 Å². The molecule has 0 atom stereocenters. The fourth-order valence-corrected chi connectivity index (χ4v) is 4.50. The number of rotatable bonds is 9. The summed E-state index contributed by atoms with van der Waals surface area (Å²) < 4.78 is 25.4. The first-order valence-electron chi connectivity index (χ1n) is 10.5. The van der Waals surface area contributed by atoms with E-state index in [2.05, 4.69) is 0 Å². The first-order valence-corrected chi connectivity index (χ1v) is 11.8. The van der Waals surface area contributed by atoms with Gasteiger partial charge in [-0.05, 0) is 47.0 Å². The summed E-state index contributed by atoms with van der Waals surface area (Å²) in [5.74, 6) is -0.960. The van der Waals surface area contributed by atoms with Crippen molar-refractivity contribution in [2.45, 2.75) is 13.2 Å². The van der Waals surface area contributed by atoms with Crippen molar-refractivity contribution in [1.29, 1.82) is 0 Å². The molecular weight excluding hydrogens is 489 g/mol. The summed E-state index contributed by atoms with van der Waals surface area (Å²) in [6.07, 6.45) is 1.64. The number of halogens is 1. The van der Waals surface area contributed by atoms with Crippen LogP contribution in [-0.2, 0) is 22.8 Å². The van der Waals surface area contributed by atoms with Gasteiger partial charge >= 0.3 is 5.97 Å². The number of carbonyl (C=O) groups excluding carboxylic acids is 1. The molecule has 3 aromatic carbocycles. The quantitative estimate of drug-likeness (QED) is 0.311. The van der Waals surface area contributed by atoms with Crippen molar-refractivity contribution in [2.75, 3.05) is 6.54 Å². The van der Waals surface area contributed by atoms with E-state index in [0.29, 0.717) is 28.6 Å². The van der Waals surface area contributed by atoms with Crippen molar-refractivity contribution >= 4 is 46.3 Å². The highest BCUT2D eigenvalue weighted by Crippen LogP contribution is 2.35. The van der Waals surface area contributed by atoms with Crippen LogP contribution in [-0.4, -0.2) is 32.7 Å². The van der Waals surface area contributed by atoms with Gasteiger partial charge < -0.3 is 14.6 Å². The smallest absolute Gasteiger partial charge is 0.323 e. The van der Waals surface area contributed by atoms with Crippen LogP contribution in [0.1, 0.15) is 16.7 Å². The van der Waals surface area contributed by atoms with E-state index in [4.69, 9.17) is 26.8 Å². The summed E-state index contributed by atoms with van der Waals surface area (Å²) in [6.45, 7) is 0.0384. The molecule has 178 valence electrons. The van der Waals surface area contributed by atoms with Crippen LogP contribution in [0.5, 0.6) is 11.5 Å². The summed E-state index contributed by atoms with van der Waals surface area (Å²) in [6, 6.07) is 20.9. The van der Waals surface area contributed by atoms with Crippen molar-refractivity contribution in [3.05, 3.63) is 100 Å². The van der Waals surface area contributed by atoms with Gasteiger partial charge in [-0.3, -0.25) is 14.5 Å². The molecule has 1 aliphatic rings. The Morgan fingerprint density at radius 1 is 0.971 bits per heavy atom. The normalized spacial score (nSPS) is 14.4. The van der Waals surface area contributed by atoms with Gasteiger partial charge in [-0.1, -0.05) is 72.5 Å². The average Bonchev–Trinajstić information content (AvgIpc) is 3.10. The average molecular weight is 510 g/mol. The molecule has 1 fully saturated rings. The summed E-state index contributed by atoms with van der Waals surface area (Å²) in [5, 5.41) is 9.02. The lowest BCUT2D eigenvalue weighted by Gasteiger charge is -2.14. The van der Waals surface area contributed by atoms with Crippen LogP contribution in [0.15, 0.2) is 77.7 Å². The molecule has 0 unspecified atom stereocenters. The molecule has 6 nitrogen and oxygen atoms in total. The highest BCUT2D eigenvalue weighted by molar-refractivity contribution is 8.26. The highest BCUT2D eigenvalue weighted by Gasteiger charge is 2.33. The second-order valence-corrected chi connectivity index (χ2v) is 9.23. The number of hydrogen-bond acceptors (Lipinski definition) is 6. The molecule has 35 heavy (non-hydrogen) atoms. The Morgan fingerprint density at radius 3 is 2.31 bits per heavy atom. The zero-order valence-corrected chi connectivity index (χ0v) is 20.0. The van der Waals surface area contributed by atoms with Crippen LogP contribution in [0.2, 0.25) is 0 Å². The van der Waals surface area contributed by atoms with Gasteiger partial charge in [0.15, 0.2) is 11.5 Å². The molecule has 0 bridgehead atoms. The topological polar surface area (TPSA) is 76.1 Å². The van der Waals surface area contributed by atoms with Gasteiger partial charge in [0.05, 0.1) is 4.91 Å². The van der Waals surface area contributed by atoms with E-state index in [1.54, 1.807) is 36.4 Å². The lowest BCUT2D eigenvalue weighted by atomic mass is 10.1. The molecule has 9 heteroatoms. The second-order valence-electron chi connectivity index (χ2n) is 7.56. The number of hydrogen-bond donors (Lipinski definition) is 1. The zero-order valence-electron chi connectivity index (χ0n) is 18.3. The molecule has 1 saturated heterocycles. The van der Waals surface area contributed by atoms with E-state index in [-0.39, 0.29) is 16.7 Å². The Morgan fingerprint density at radius 2 is 1.63 bits per heavy atom. The van der Waals surface area contributed by atoms with E-state index >= 15 is 0 Å². The standard InChI is InChI=1S/C26H20FNO5S2/c27-20-9-6-18(7-10-20)16-32-21-11-8-19(12-22(21)33-15-17-4-2-1-3-5-17)13-23-25(31)28(14-24(29)30)26(34)35-23/h1-13H,14-16H2,(H,29,30). The van der Waals surface area contributed by atoms with Crippen molar-refractivity contribution in [3.8, 4) is 11.5 Å². The van der Waals surface area contributed by atoms with Crippen LogP contribution in [0.25, 0.3) is 6.08 Å². The molecule has 0 aliphatic carbocycles. The Balaban J connectivity index is 1.57. The van der Waals surface area contributed by atoms with E-state index in [1.165, 1.54) is 12.1 Å². The number of amides is 1. The molecule has 0 radical (unpaired) electrons. The van der Waals surface area contributed by atoms with Gasteiger partial charge in [0.1, 0.15) is 29.9 Å². The lowest BCUT2D eigenvalue weighted by molar-refractivity contribution is -0.140. The van der Waals surface area contributed by atoms with Gasteiger partial charge in [-0.2, -0.15) is 0 Å². The van der Waals surface area contributed by atoms with Crippen molar-refractivity contribution < 1.29 is 28.6 Å². The Bertz CT molecular complexity index is 1280. The molecule has 3 aromatic rings. The highest BCUT2D eigenvalue weighted by atomic mass is 32.2. The van der Waals surface area contributed by atoms with E-state index in [0.717, 1.165) is 27.8 Å². The number of thiocarbonyl (C=S) groups is 1. The third-order valence-corrected chi connectivity index (χ3v) is 6.36. The van der Waals surface area contributed by atoms with E-state index < -0.39 is 18.4 Å². The summed E-state index contributed by atoms with van der Waals surface area (Å²) in [5.41, 5.74) is 2.43. The van der Waals surface area contributed by atoms with Crippen molar-refractivity contribution in [1.82, 2.24) is 4.90 Å². The summed E-state index contributed by atoms with van der Waals surface area (Å²) in [7, 11) is 0. The van der Waals surface area contributed by atoms with E-state index in [1.807, 2.05) is 30.3 Å². The molecular formula is C26H20FNO5S2. The maximum Gasteiger partial charge on any atom is 0.323 e. The molecule has 4 rings (SSSR count). The van der Waals surface area contributed by atoms with Gasteiger partial charge in [0.25, 0.3) is 5.91 Å². The third kappa shape index (κ3) is 6.46.